The van der Waals surface area contributed by atoms with E-state index in [1.165, 1.54) is 0 Å². The van der Waals surface area contributed by atoms with Gasteiger partial charge in [0.25, 0.3) is 0 Å². The number of nitrogens with two attached hydrogens (primary N) is 1. The van der Waals surface area contributed by atoms with Crippen molar-refractivity contribution in [2.75, 3.05) is 19.6 Å². The molecule has 0 saturated carbocycles. The molecule has 3 heteroatoms. The van der Waals surface area contributed by atoms with Crippen LogP contribution >= 0.6 is 0 Å². The maximum Gasteiger partial charge on any atom is 0.0354 e. The second-order valence-corrected chi connectivity index (χ2v) is 2.19. The lowest BCUT2D eigenvalue weighted by molar-refractivity contribution is 0.0402. The SMILES string of the molecule is CC1CNN1CCN. The van der Waals surface area contributed by atoms with Crippen LogP contribution in [0.2, 0.25) is 0 Å². The Labute approximate surface area is 49.8 Å². The molecular weight excluding hydrogens is 102 g/mol. The van der Waals surface area contributed by atoms with Gasteiger partial charge in [0.2, 0.25) is 0 Å². The Balaban J connectivity index is 2.08. The molecule has 0 aromatic carbocycles. The van der Waals surface area contributed by atoms with E-state index < -0.39 is 0 Å². The first-order valence-corrected chi connectivity index (χ1v) is 3.05. The first-order valence-electron chi connectivity index (χ1n) is 3.05. The van der Waals surface area contributed by atoms with Crippen LogP contribution in [0.5, 0.6) is 0 Å². The lowest BCUT2D eigenvalue weighted by Crippen LogP contribution is -2.61. The average molecular weight is 115 g/mol. The second kappa shape index (κ2) is 2.44. The van der Waals surface area contributed by atoms with Crippen LogP contribution < -0.4 is 11.2 Å². The minimum Gasteiger partial charge on any atom is -0.329 e. The van der Waals surface area contributed by atoms with Gasteiger partial charge in [0, 0.05) is 25.7 Å². The zero-order chi connectivity index (χ0) is 5.98. The van der Waals surface area contributed by atoms with E-state index >= 15 is 0 Å². The molecule has 8 heavy (non-hydrogen) atoms. The minimum atomic E-state index is 0.693. The van der Waals surface area contributed by atoms with E-state index in [9.17, 15) is 0 Å². The molecule has 0 amide bonds. The fourth-order valence-electron chi connectivity index (χ4n) is 0.841. The van der Waals surface area contributed by atoms with E-state index in [0.29, 0.717) is 6.04 Å². The van der Waals surface area contributed by atoms with Gasteiger partial charge in [0.15, 0.2) is 0 Å². The molecule has 1 fully saturated rings. The smallest absolute Gasteiger partial charge is 0.0354 e. The molecule has 0 aromatic rings. The van der Waals surface area contributed by atoms with Gasteiger partial charge in [-0.1, -0.05) is 0 Å². The number of hydrogen-bond donors (Lipinski definition) is 2. The summed E-state index contributed by atoms with van der Waals surface area (Å²) in [5.41, 5.74) is 8.47. The predicted octanol–water partition coefficient (Wildman–Crippen LogP) is -0.846. The largest absolute Gasteiger partial charge is 0.329 e. The summed E-state index contributed by atoms with van der Waals surface area (Å²) in [5, 5.41) is 2.15. The van der Waals surface area contributed by atoms with E-state index in [-0.39, 0.29) is 0 Å². The highest BCUT2D eigenvalue weighted by Crippen LogP contribution is 2.01. The Kier molecular flexibility index (Phi) is 1.83. The van der Waals surface area contributed by atoms with Crippen LogP contribution in [0, 0.1) is 0 Å². The van der Waals surface area contributed by atoms with Gasteiger partial charge >= 0.3 is 0 Å². The van der Waals surface area contributed by atoms with Crippen LogP contribution in [0.4, 0.5) is 0 Å². The van der Waals surface area contributed by atoms with Gasteiger partial charge in [-0.2, -0.15) is 0 Å². The van der Waals surface area contributed by atoms with Crippen molar-refractivity contribution in [2.45, 2.75) is 13.0 Å². The molecule has 1 unspecified atom stereocenters. The summed E-state index contributed by atoms with van der Waals surface area (Å²) >= 11 is 0. The lowest BCUT2D eigenvalue weighted by Gasteiger charge is -2.39. The number of hydrazine groups is 1. The highest BCUT2D eigenvalue weighted by Gasteiger charge is 2.20. The second-order valence-electron chi connectivity index (χ2n) is 2.19. The molecule has 0 bridgehead atoms. The van der Waals surface area contributed by atoms with Gasteiger partial charge in [-0.3, -0.25) is 5.43 Å². The maximum absolute atomic E-state index is 5.32. The Morgan fingerprint density at radius 2 is 2.62 bits per heavy atom. The molecule has 48 valence electrons. The molecule has 0 aromatic heterocycles. The summed E-state index contributed by atoms with van der Waals surface area (Å²) in [6, 6.07) is 0.693. The third kappa shape index (κ3) is 0.992. The predicted molar refractivity (Wildman–Crippen MR) is 33.2 cm³/mol. The molecule has 1 aliphatic heterocycles. The van der Waals surface area contributed by atoms with Crippen molar-refractivity contribution in [2.24, 2.45) is 5.73 Å². The highest BCUT2D eigenvalue weighted by atomic mass is 15.6. The molecule has 0 radical (unpaired) electrons. The first-order chi connectivity index (χ1) is 3.84. The van der Waals surface area contributed by atoms with Crippen molar-refractivity contribution in [1.82, 2.24) is 10.4 Å². The van der Waals surface area contributed by atoms with Crippen molar-refractivity contribution < 1.29 is 0 Å². The molecule has 1 rings (SSSR count). The average Bonchev–Trinajstić information content (AvgIpc) is 1.79. The molecule has 3 N–H and O–H groups in total. The third-order valence-electron chi connectivity index (χ3n) is 1.49. The van der Waals surface area contributed by atoms with Crippen molar-refractivity contribution in [3.05, 3.63) is 0 Å². The van der Waals surface area contributed by atoms with Crippen LogP contribution in [0.25, 0.3) is 0 Å². The molecule has 3 nitrogen and oxygen atoms in total. The number of nitrogens with zero attached hydrogens (tertiary/aromatic N) is 1. The summed E-state index contributed by atoms with van der Waals surface area (Å²) in [4.78, 5) is 0. The first kappa shape index (κ1) is 6.01. The van der Waals surface area contributed by atoms with Crippen LogP contribution in [0.1, 0.15) is 6.92 Å². The quantitative estimate of drug-likeness (QED) is 0.493. The normalized spacial score (nSPS) is 30.0. The highest BCUT2D eigenvalue weighted by molar-refractivity contribution is 4.74. The Hall–Kier alpha value is -0.120. The van der Waals surface area contributed by atoms with Crippen LogP contribution in [-0.2, 0) is 0 Å². The van der Waals surface area contributed by atoms with Crippen molar-refractivity contribution in [1.29, 1.82) is 0 Å². The minimum absolute atomic E-state index is 0.693. The van der Waals surface area contributed by atoms with E-state index in [0.717, 1.165) is 19.6 Å². The van der Waals surface area contributed by atoms with Crippen molar-refractivity contribution in [3.63, 3.8) is 0 Å². The third-order valence-corrected chi connectivity index (χ3v) is 1.49. The van der Waals surface area contributed by atoms with Gasteiger partial charge in [-0.25, -0.2) is 5.01 Å². The fraction of sp³-hybridized carbons (Fsp3) is 1.00. The summed E-state index contributed by atoms with van der Waals surface area (Å²) < 4.78 is 0. The van der Waals surface area contributed by atoms with Gasteiger partial charge in [0.05, 0.1) is 0 Å². The zero-order valence-corrected chi connectivity index (χ0v) is 5.22. The zero-order valence-electron chi connectivity index (χ0n) is 5.22. The van der Waals surface area contributed by atoms with Crippen LogP contribution in [-0.4, -0.2) is 30.7 Å². The maximum atomic E-state index is 5.32. The molecular formula is C5H13N3. The molecule has 1 saturated heterocycles. The number of rotatable bonds is 2. The Morgan fingerprint density at radius 1 is 1.88 bits per heavy atom. The topological polar surface area (TPSA) is 41.3 Å². The van der Waals surface area contributed by atoms with Crippen LogP contribution in [0.3, 0.4) is 0 Å². The van der Waals surface area contributed by atoms with Crippen molar-refractivity contribution in [3.8, 4) is 0 Å². The molecule has 0 aliphatic carbocycles. The molecule has 1 atom stereocenters. The number of nitrogens with one attached hydrogen (secondary N) is 1. The molecule has 1 aliphatic rings. The van der Waals surface area contributed by atoms with Gasteiger partial charge in [0.1, 0.15) is 0 Å². The summed E-state index contributed by atoms with van der Waals surface area (Å²) in [7, 11) is 0. The Bertz CT molecular complexity index is 74.1. The van der Waals surface area contributed by atoms with Crippen molar-refractivity contribution >= 4 is 0 Å². The van der Waals surface area contributed by atoms with E-state index in [1.807, 2.05) is 0 Å². The lowest BCUT2D eigenvalue weighted by atomic mass is 10.2. The molecule has 1 heterocycles. The fourth-order valence-corrected chi connectivity index (χ4v) is 0.841. The van der Waals surface area contributed by atoms with E-state index in [1.54, 1.807) is 0 Å². The molecule has 0 spiro atoms. The summed E-state index contributed by atoms with van der Waals surface area (Å²) in [6.45, 7) is 5.02. The summed E-state index contributed by atoms with van der Waals surface area (Å²) in [5.74, 6) is 0. The van der Waals surface area contributed by atoms with E-state index in [2.05, 4.69) is 17.4 Å². The van der Waals surface area contributed by atoms with E-state index in [4.69, 9.17) is 5.73 Å². The summed E-state index contributed by atoms with van der Waals surface area (Å²) in [6.07, 6.45) is 0. The standard InChI is InChI=1S/C5H13N3/c1-5-4-7-8(5)3-2-6/h5,7H,2-4,6H2,1H3. The van der Waals surface area contributed by atoms with Gasteiger partial charge in [-0.15, -0.1) is 0 Å². The Morgan fingerprint density at radius 3 is 2.75 bits per heavy atom. The monoisotopic (exact) mass is 115 g/mol. The van der Waals surface area contributed by atoms with Gasteiger partial charge < -0.3 is 5.73 Å². The van der Waals surface area contributed by atoms with Crippen LogP contribution in [0.15, 0.2) is 0 Å². The van der Waals surface area contributed by atoms with Gasteiger partial charge in [-0.05, 0) is 6.92 Å². The number of hydrogen-bond acceptors (Lipinski definition) is 3.